The highest BCUT2D eigenvalue weighted by Crippen LogP contribution is 2.38. The van der Waals surface area contributed by atoms with Gasteiger partial charge in [0.1, 0.15) is 5.00 Å². The number of hydrogen-bond acceptors (Lipinski definition) is 3. The Morgan fingerprint density at radius 1 is 1.25 bits per heavy atom. The smallest absolute Gasteiger partial charge is 0.114 e. The van der Waals surface area contributed by atoms with Crippen LogP contribution >= 0.6 is 36.9 Å². The first-order valence-corrected chi connectivity index (χ1v) is 6.14. The average Bonchev–Trinajstić information content (AvgIpc) is 2.23. The minimum atomic E-state index is -0.822. The van der Waals surface area contributed by atoms with Crippen LogP contribution in [-0.4, -0.2) is 5.00 Å². The van der Waals surface area contributed by atoms with Crippen LogP contribution in [0.1, 0.15) is 12.0 Å². The molecule has 0 radical (unpaired) electrons. The number of halogens is 1. The van der Waals surface area contributed by atoms with Gasteiger partial charge >= 0.3 is 0 Å². The van der Waals surface area contributed by atoms with Gasteiger partial charge in [-0.1, -0.05) is 29.8 Å². The van der Waals surface area contributed by atoms with Crippen LogP contribution in [0.25, 0.3) is 5.57 Å². The van der Waals surface area contributed by atoms with E-state index in [-0.39, 0.29) is 0 Å². The number of nitrogens with two attached hydrogens (primary N) is 1. The zero-order valence-corrected chi connectivity index (χ0v) is 11.1. The predicted molar refractivity (Wildman–Crippen MR) is 76.1 cm³/mol. The maximum Gasteiger partial charge on any atom is 0.114 e. The van der Waals surface area contributed by atoms with Crippen LogP contribution in [0, 0.1) is 0 Å². The summed E-state index contributed by atoms with van der Waals surface area (Å²) in [7, 11) is 0. The summed E-state index contributed by atoms with van der Waals surface area (Å²) in [6.07, 6.45) is 4.16. The van der Waals surface area contributed by atoms with Gasteiger partial charge in [0.2, 0.25) is 0 Å². The zero-order chi connectivity index (χ0) is 11.8. The lowest BCUT2D eigenvalue weighted by Gasteiger charge is -2.25. The van der Waals surface area contributed by atoms with Crippen molar-refractivity contribution in [2.75, 3.05) is 0 Å². The van der Waals surface area contributed by atoms with Gasteiger partial charge in [-0.2, -0.15) is 0 Å². The van der Waals surface area contributed by atoms with Crippen LogP contribution in [0.5, 0.6) is 0 Å². The largest absolute Gasteiger partial charge is 0.309 e. The highest BCUT2D eigenvalue weighted by molar-refractivity contribution is 7.85. The molecule has 0 spiro atoms. The Balaban J connectivity index is 2.49. The summed E-state index contributed by atoms with van der Waals surface area (Å²) in [4.78, 5) is 0.979. The molecule has 84 valence electrons. The lowest BCUT2D eigenvalue weighted by molar-refractivity contribution is 0.752. The van der Waals surface area contributed by atoms with Crippen molar-refractivity contribution in [3.63, 3.8) is 0 Å². The Morgan fingerprint density at radius 3 is 2.62 bits per heavy atom. The summed E-state index contributed by atoms with van der Waals surface area (Å²) in [5, 5.41) is 0. The summed E-state index contributed by atoms with van der Waals surface area (Å²) in [5.74, 6) is 0. The van der Waals surface area contributed by atoms with Crippen molar-refractivity contribution in [1.82, 2.24) is 0 Å². The maximum atomic E-state index is 6.13. The van der Waals surface area contributed by atoms with E-state index < -0.39 is 5.00 Å². The zero-order valence-electron chi connectivity index (χ0n) is 8.52. The van der Waals surface area contributed by atoms with Crippen molar-refractivity contribution in [2.24, 2.45) is 5.73 Å². The Morgan fingerprint density at radius 2 is 1.94 bits per heavy atom. The molecule has 0 fully saturated rings. The molecule has 16 heavy (non-hydrogen) atoms. The van der Waals surface area contributed by atoms with E-state index in [1.54, 1.807) is 6.08 Å². The lowest BCUT2D eigenvalue weighted by atomic mass is 9.94. The molecule has 0 saturated heterocycles. The number of allylic oxidation sites excluding steroid dienone is 1. The molecule has 1 aliphatic carbocycles. The van der Waals surface area contributed by atoms with Gasteiger partial charge in [0.25, 0.3) is 0 Å². The fourth-order valence-corrected chi connectivity index (χ4v) is 2.47. The van der Waals surface area contributed by atoms with Crippen molar-refractivity contribution >= 4 is 42.4 Å². The maximum absolute atomic E-state index is 6.13. The van der Waals surface area contributed by atoms with Gasteiger partial charge in [-0.3, -0.25) is 0 Å². The van der Waals surface area contributed by atoms with Gasteiger partial charge in [0.15, 0.2) is 0 Å². The predicted octanol–water partition coefficient (Wildman–Crippen LogP) is 3.47. The third-order valence-electron chi connectivity index (χ3n) is 2.50. The van der Waals surface area contributed by atoms with Crippen LogP contribution < -0.4 is 5.73 Å². The molecule has 2 rings (SSSR count). The fraction of sp³-hybridized carbons (Fsp3) is 0.167. The standard InChI is InChI=1S/C12H12ClNS2/c13-12(14)6-5-11(16)9(7-12)8-3-1-2-4-10(8)15/h1-6,15-16H,7,14H2/t12-/m1/s1. The van der Waals surface area contributed by atoms with Gasteiger partial charge < -0.3 is 5.73 Å². The van der Waals surface area contributed by atoms with Crippen LogP contribution in [0.3, 0.4) is 0 Å². The number of alkyl halides is 1. The summed E-state index contributed by atoms with van der Waals surface area (Å²) < 4.78 is 0. The molecule has 0 aliphatic heterocycles. The number of hydrogen-bond donors (Lipinski definition) is 3. The molecule has 1 aromatic carbocycles. The Bertz CT molecular complexity index is 478. The van der Waals surface area contributed by atoms with E-state index in [1.165, 1.54) is 0 Å². The first-order valence-electron chi connectivity index (χ1n) is 4.87. The lowest BCUT2D eigenvalue weighted by Crippen LogP contribution is -2.32. The molecule has 2 N–H and O–H groups in total. The van der Waals surface area contributed by atoms with E-state index in [0.29, 0.717) is 6.42 Å². The topological polar surface area (TPSA) is 26.0 Å². The average molecular weight is 270 g/mol. The molecule has 1 aromatic rings. The molecular weight excluding hydrogens is 258 g/mol. The molecule has 0 saturated carbocycles. The minimum absolute atomic E-state index is 0.557. The highest BCUT2D eigenvalue weighted by atomic mass is 35.5. The molecule has 0 amide bonds. The van der Waals surface area contributed by atoms with E-state index in [0.717, 1.165) is 20.9 Å². The second-order valence-corrected chi connectivity index (χ2v) is 5.49. The summed E-state index contributed by atoms with van der Waals surface area (Å²) in [6, 6.07) is 7.85. The van der Waals surface area contributed by atoms with Crippen LogP contribution in [0.15, 0.2) is 46.2 Å². The molecule has 0 aromatic heterocycles. The summed E-state index contributed by atoms with van der Waals surface area (Å²) in [6.45, 7) is 0. The molecular formula is C12H12ClNS2. The second-order valence-electron chi connectivity index (χ2n) is 3.82. The quantitative estimate of drug-likeness (QED) is 0.406. The van der Waals surface area contributed by atoms with Crippen LogP contribution in [0.2, 0.25) is 0 Å². The van der Waals surface area contributed by atoms with E-state index >= 15 is 0 Å². The molecule has 0 unspecified atom stereocenters. The first-order chi connectivity index (χ1) is 7.49. The second kappa shape index (κ2) is 4.49. The van der Waals surface area contributed by atoms with Crippen molar-refractivity contribution < 1.29 is 0 Å². The summed E-state index contributed by atoms with van der Waals surface area (Å²) in [5.41, 5.74) is 7.98. The van der Waals surface area contributed by atoms with Gasteiger partial charge in [-0.15, -0.1) is 25.3 Å². The molecule has 0 heterocycles. The van der Waals surface area contributed by atoms with E-state index in [9.17, 15) is 0 Å². The Kier molecular flexibility index (Phi) is 3.40. The molecule has 1 nitrogen and oxygen atoms in total. The normalized spacial score (nSPS) is 25.0. The monoisotopic (exact) mass is 269 g/mol. The van der Waals surface area contributed by atoms with Crippen LogP contribution in [0.4, 0.5) is 0 Å². The van der Waals surface area contributed by atoms with Crippen molar-refractivity contribution in [1.29, 1.82) is 0 Å². The number of rotatable bonds is 1. The Hall–Kier alpha value is -0.350. The van der Waals surface area contributed by atoms with E-state index in [1.807, 2.05) is 30.3 Å². The van der Waals surface area contributed by atoms with Gasteiger partial charge in [-0.25, -0.2) is 0 Å². The molecule has 4 heteroatoms. The first kappa shape index (κ1) is 12.1. The van der Waals surface area contributed by atoms with Gasteiger partial charge in [0.05, 0.1) is 0 Å². The Labute approximate surface area is 111 Å². The van der Waals surface area contributed by atoms with Gasteiger partial charge in [-0.05, 0) is 29.4 Å². The van der Waals surface area contributed by atoms with E-state index in [2.05, 4.69) is 25.3 Å². The van der Waals surface area contributed by atoms with Gasteiger partial charge in [0, 0.05) is 16.2 Å². The minimum Gasteiger partial charge on any atom is -0.309 e. The third kappa shape index (κ3) is 2.48. The number of thiol groups is 2. The SMILES string of the molecule is N[C@]1(Cl)C=CC(S)=C(c2ccccc2S)C1. The molecule has 1 aliphatic rings. The highest BCUT2D eigenvalue weighted by Gasteiger charge is 2.25. The molecule has 1 atom stereocenters. The summed E-state index contributed by atoms with van der Waals surface area (Å²) >= 11 is 15.0. The van der Waals surface area contributed by atoms with E-state index in [4.69, 9.17) is 17.3 Å². The fourth-order valence-electron chi connectivity index (χ4n) is 1.70. The number of benzene rings is 1. The van der Waals surface area contributed by atoms with Crippen molar-refractivity contribution in [2.45, 2.75) is 16.3 Å². The van der Waals surface area contributed by atoms with Crippen molar-refractivity contribution in [3.05, 3.63) is 46.9 Å². The third-order valence-corrected chi connectivity index (χ3v) is 3.57. The van der Waals surface area contributed by atoms with Crippen LogP contribution in [-0.2, 0) is 0 Å². The molecule has 0 bridgehead atoms. The van der Waals surface area contributed by atoms with Crippen molar-refractivity contribution in [3.8, 4) is 0 Å².